The molecule has 0 spiro atoms. The molecule has 0 fully saturated rings. The van der Waals surface area contributed by atoms with Crippen LogP contribution in [0.4, 0.5) is 0 Å². The van der Waals surface area contributed by atoms with Crippen LogP contribution in [0.3, 0.4) is 0 Å². The van der Waals surface area contributed by atoms with Gasteiger partial charge in [0, 0.05) is 11.8 Å². The van der Waals surface area contributed by atoms with Gasteiger partial charge in [0.2, 0.25) is 0 Å². The van der Waals surface area contributed by atoms with E-state index in [0.29, 0.717) is 0 Å². The molecule has 0 atom stereocenters. The minimum absolute atomic E-state index is 0.795. The molecule has 98 valence electrons. The van der Waals surface area contributed by atoms with Gasteiger partial charge in [-0.25, -0.2) is 15.0 Å². The van der Waals surface area contributed by atoms with Crippen LogP contribution in [0.25, 0.3) is 22.0 Å². The first-order chi connectivity index (χ1) is 9.81. The summed E-state index contributed by atoms with van der Waals surface area (Å²) in [5.74, 6) is 0.795. The fourth-order valence-corrected chi connectivity index (χ4v) is 3.58. The van der Waals surface area contributed by atoms with Crippen molar-refractivity contribution in [1.82, 2.24) is 15.0 Å². The van der Waals surface area contributed by atoms with E-state index in [1.54, 1.807) is 11.3 Å². The Morgan fingerprint density at radius 1 is 1.05 bits per heavy atom. The van der Waals surface area contributed by atoms with Crippen molar-refractivity contribution in [2.75, 3.05) is 0 Å². The molecule has 0 N–H and O–H groups in total. The Hall–Kier alpha value is -2.07. The van der Waals surface area contributed by atoms with Crippen molar-refractivity contribution >= 4 is 11.3 Å². The first-order valence-corrected chi connectivity index (χ1v) is 7.51. The maximum atomic E-state index is 4.80. The lowest BCUT2D eigenvalue weighted by molar-refractivity contribution is 0.884. The van der Waals surface area contributed by atoms with Crippen LogP contribution in [0.2, 0.25) is 0 Å². The van der Waals surface area contributed by atoms with Gasteiger partial charge in [-0.05, 0) is 25.3 Å². The van der Waals surface area contributed by atoms with Gasteiger partial charge in [-0.3, -0.25) is 0 Å². The second kappa shape index (κ2) is 4.49. The summed E-state index contributed by atoms with van der Waals surface area (Å²) in [7, 11) is 0. The van der Waals surface area contributed by atoms with Crippen molar-refractivity contribution in [1.29, 1.82) is 0 Å². The van der Waals surface area contributed by atoms with E-state index >= 15 is 0 Å². The second-order valence-corrected chi connectivity index (χ2v) is 6.15. The van der Waals surface area contributed by atoms with Gasteiger partial charge in [0.15, 0.2) is 5.82 Å². The van der Waals surface area contributed by atoms with Crippen LogP contribution in [0.1, 0.15) is 16.3 Å². The number of fused-ring (bicyclic) bond motifs is 3. The maximum absolute atomic E-state index is 4.80. The Kier molecular flexibility index (Phi) is 2.63. The molecule has 1 aliphatic carbocycles. The van der Waals surface area contributed by atoms with Crippen molar-refractivity contribution in [3.63, 3.8) is 0 Å². The van der Waals surface area contributed by atoms with Gasteiger partial charge in [0.05, 0.1) is 21.3 Å². The summed E-state index contributed by atoms with van der Waals surface area (Å²) in [6, 6.07) is 10.1. The van der Waals surface area contributed by atoms with E-state index < -0.39 is 0 Å². The maximum Gasteiger partial charge on any atom is 0.159 e. The Morgan fingerprint density at radius 2 is 1.90 bits per heavy atom. The molecule has 0 saturated heterocycles. The first-order valence-electron chi connectivity index (χ1n) is 6.69. The predicted octanol–water partition coefficient (Wildman–Crippen LogP) is 3.67. The zero-order chi connectivity index (χ0) is 13.5. The normalized spacial score (nSPS) is 12.8. The molecule has 0 radical (unpaired) electrons. The molecule has 3 aromatic rings. The fraction of sp³-hybridized carbons (Fsp3) is 0.188. The van der Waals surface area contributed by atoms with Gasteiger partial charge < -0.3 is 0 Å². The molecule has 1 aliphatic rings. The van der Waals surface area contributed by atoms with Gasteiger partial charge >= 0.3 is 0 Å². The summed E-state index contributed by atoms with van der Waals surface area (Å²) in [4.78, 5) is 15.1. The predicted molar refractivity (Wildman–Crippen MR) is 80.7 cm³/mol. The molecule has 0 amide bonds. The molecule has 0 bridgehead atoms. The summed E-state index contributed by atoms with van der Waals surface area (Å²) in [6.07, 6.45) is 3.96. The summed E-state index contributed by atoms with van der Waals surface area (Å²) < 4.78 is 0. The molecular weight excluding hydrogens is 266 g/mol. The van der Waals surface area contributed by atoms with E-state index in [9.17, 15) is 0 Å². The van der Waals surface area contributed by atoms with E-state index in [4.69, 9.17) is 4.98 Å². The van der Waals surface area contributed by atoms with Crippen LogP contribution >= 0.6 is 11.3 Å². The van der Waals surface area contributed by atoms with Crippen molar-refractivity contribution in [3.8, 4) is 22.0 Å². The second-order valence-electron chi connectivity index (χ2n) is 4.94. The Balaban J connectivity index is 1.89. The average molecular weight is 279 g/mol. The van der Waals surface area contributed by atoms with Crippen molar-refractivity contribution < 1.29 is 0 Å². The molecule has 4 heteroatoms. The summed E-state index contributed by atoms with van der Waals surface area (Å²) in [6.45, 7) is 2.06. The molecule has 2 aromatic heterocycles. The number of thiazole rings is 1. The third-order valence-corrected chi connectivity index (χ3v) is 4.57. The number of benzene rings is 1. The number of rotatable bonds is 1. The van der Waals surface area contributed by atoms with Gasteiger partial charge in [0.25, 0.3) is 0 Å². The minimum atomic E-state index is 0.795. The van der Waals surface area contributed by atoms with Gasteiger partial charge in [0.1, 0.15) is 0 Å². The molecular formula is C16H13N3S. The lowest BCUT2D eigenvalue weighted by atomic mass is 9.99. The largest absolute Gasteiger partial charge is 0.246 e. The molecule has 4 rings (SSSR count). The summed E-state index contributed by atoms with van der Waals surface area (Å²) in [5, 5.41) is 1.11. The standard InChI is InChI=1S/C16H13N3S/c1-10-18-13-8-7-12-9-17-16(11-5-3-2-4-6-11)19-14(12)15(13)20-10/h2-6,9H,7-8H2,1H3. The smallest absolute Gasteiger partial charge is 0.159 e. The SMILES string of the molecule is Cc1nc2c(s1)-c1nc(-c3ccccc3)ncc1CC2. The summed E-state index contributed by atoms with van der Waals surface area (Å²) in [5.41, 5.74) is 4.56. The summed E-state index contributed by atoms with van der Waals surface area (Å²) >= 11 is 1.74. The Bertz CT molecular complexity index is 778. The lowest BCUT2D eigenvalue weighted by Crippen LogP contribution is -2.06. The minimum Gasteiger partial charge on any atom is -0.246 e. The lowest BCUT2D eigenvalue weighted by Gasteiger charge is -2.14. The van der Waals surface area contributed by atoms with Crippen LogP contribution in [0, 0.1) is 6.92 Å². The number of hydrogen-bond acceptors (Lipinski definition) is 4. The molecule has 20 heavy (non-hydrogen) atoms. The number of aromatic nitrogens is 3. The van der Waals surface area contributed by atoms with Crippen LogP contribution in [0.5, 0.6) is 0 Å². The zero-order valence-electron chi connectivity index (χ0n) is 11.1. The van der Waals surface area contributed by atoms with E-state index in [-0.39, 0.29) is 0 Å². The van der Waals surface area contributed by atoms with Crippen LogP contribution in [-0.2, 0) is 12.8 Å². The number of hydrogen-bond donors (Lipinski definition) is 0. The van der Waals surface area contributed by atoms with Crippen molar-refractivity contribution in [2.45, 2.75) is 19.8 Å². The first kappa shape index (κ1) is 11.7. The highest BCUT2D eigenvalue weighted by atomic mass is 32.1. The molecule has 0 unspecified atom stereocenters. The van der Waals surface area contributed by atoms with E-state index in [2.05, 4.69) is 16.9 Å². The van der Waals surface area contributed by atoms with Gasteiger partial charge in [-0.2, -0.15) is 0 Å². The van der Waals surface area contributed by atoms with E-state index in [0.717, 1.165) is 34.9 Å². The van der Waals surface area contributed by atoms with Crippen LogP contribution in [0.15, 0.2) is 36.5 Å². The molecule has 3 nitrogen and oxygen atoms in total. The van der Waals surface area contributed by atoms with Crippen LogP contribution in [-0.4, -0.2) is 15.0 Å². The van der Waals surface area contributed by atoms with E-state index in [1.807, 2.05) is 36.5 Å². The number of aryl methyl sites for hydroxylation is 3. The molecule has 0 aliphatic heterocycles. The third kappa shape index (κ3) is 1.84. The molecule has 1 aromatic carbocycles. The highest BCUT2D eigenvalue weighted by molar-refractivity contribution is 7.15. The molecule has 0 saturated carbocycles. The highest BCUT2D eigenvalue weighted by Gasteiger charge is 2.22. The van der Waals surface area contributed by atoms with Gasteiger partial charge in [-0.1, -0.05) is 30.3 Å². The topological polar surface area (TPSA) is 38.7 Å². The zero-order valence-corrected chi connectivity index (χ0v) is 11.9. The van der Waals surface area contributed by atoms with Crippen molar-refractivity contribution in [2.24, 2.45) is 0 Å². The Morgan fingerprint density at radius 3 is 2.75 bits per heavy atom. The van der Waals surface area contributed by atoms with Crippen LogP contribution < -0.4 is 0 Å². The quantitative estimate of drug-likeness (QED) is 0.682. The number of nitrogens with zero attached hydrogens (tertiary/aromatic N) is 3. The fourth-order valence-electron chi connectivity index (χ4n) is 2.59. The monoisotopic (exact) mass is 279 g/mol. The third-order valence-electron chi connectivity index (χ3n) is 3.55. The average Bonchev–Trinajstić information content (AvgIpc) is 2.88. The Labute approximate surface area is 121 Å². The highest BCUT2D eigenvalue weighted by Crippen LogP contribution is 2.36. The van der Waals surface area contributed by atoms with Gasteiger partial charge in [-0.15, -0.1) is 11.3 Å². The van der Waals surface area contributed by atoms with Crippen molar-refractivity contribution in [3.05, 3.63) is 52.8 Å². The molecule has 2 heterocycles. The van der Waals surface area contributed by atoms with E-state index in [1.165, 1.54) is 16.1 Å².